The molecule has 0 atom stereocenters. The molecule has 0 radical (unpaired) electrons. The van der Waals surface area contributed by atoms with Gasteiger partial charge in [-0.2, -0.15) is 0 Å². The van der Waals surface area contributed by atoms with Gasteiger partial charge in [-0.1, -0.05) is 55.1 Å². The molecule has 1 saturated heterocycles. The van der Waals surface area contributed by atoms with Crippen LogP contribution in [0.5, 0.6) is 0 Å². The number of hydrogen-bond donors (Lipinski definition) is 1. The lowest BCUT2D eigenvalue weighted by Gasteiger charge is -2.31. The van der Waals surface area contributed by atoms with Crippen molar-refractivity contribution in [3.63, 3.8) is 0 Å². The minimum absolute atomic E-state index is 0.0423. The molecule has 1 N–H and O–H groups in total. The average molecular weight is 377 g/mol. The molecule has 4 rings (SSSR count). The van der Waals surface area contributed by atoms with Crippen LogP contribution in [0.1, 0.15) is 29.9 Å². The van der Waals surface area contributed by atoms with Gasteiger partial charge in [0.15, 0.2) is 0 Å². The van der Waals surface area contributed by atoms with E-state index >= 15 is 0 Å². The highest BCUT2D eigenvalue weighted by Crippen LogP contribution is 2.44. The fraction of sp³-hybridized carbons (Fsp3) is 0.304. The lowest BCUT2D eigenvalue weighted by Crippen LogP contribution is -2.40. The number of aliphatic carboxylic acids is 1. The first-order valence-corrected chi connectivity index (χ1v) is 9.58. The Labute approximate surface area is 164 Å². The van der Waals surface area contributed by atoms with E-state index < -0.39 is 5.97 Å². The highest BCUT2D eigenvalue weighted by atomic mass is 16.6. The van der Waals surface area contributed by atoms with Crippen LogP contribution in [0.15, 0.2) is 60.7 Å². The van der Waals surface area contributed by atoms with E-state index in [1.54, 1.807) is 4.90 Å². The summed E-state index contributed by atoms with van der Waals surface area (Å²) in [4.78, 5) is 25.3. The molecule has 0 bridgehead atoms. The number of amides is 1. The molecule has 0 spiro atoms. The van der Waals surface area contributed by atoms with Crippen molar-refractivity contribution in [2.24, 2.45) is 5.92 Å². The Bertz CT molecular complexity index is 882. The number of rotatable bonds is 4. The molecule has 2 aromatic carbocycles. The van der Waals surface area contributed by atoms with Crippen molar-refractivity contribution >= 4 is 12.1 Å². The first kappa shape index (κ1) is 18.3. The quantitative estimate of drug-likeness (QED) is 0.807. The van der Waals surface area contributed by atoms with Crippen LogP contribution < -0.4 is 0 Å². The van der Waals surface area contributed by atoms with Gasteiger partial charge in [0.2, 0.25) is 0 Å². The number of carbonyl (C=O) groups is 2. The molecular weight excluding hydrogens is 354 g/mol. The van der Waals surface area contributed by atoms with Gasteiger partial charge in [-0.25, -0.2) is 9.59 Å². The number of piperidine rings is 1. The third-order valence-electron chi connectivity index (χ3n) is 5.86. The first-order chi connectivity index (χ1) is 13.6. The Morgan fingerprint density at radius 3 is 2.07 bits per heavy atom. The number of carbonyl (C=O) groups excluding carboxylic acids is 1. The van der Waals surface area contributed by atoms with Gasteiger partial charge >= 0.3 is 12.1 Å². The molecule has 144 valence electrons. The van der Waals surface area contributed by atoms with Crippen LogP contribution in [-0.4, -0.2) is 41.8 Å². The summed E-state index contributed by atoms with van der Waals surface area (Å²) < 4.78 is 5.67. The third-order valence-corrected chi connectivity index (χ3v) is 5.86. The van der Waals surface area contributed by atoms with Crippen LogP contribution in [0.25, 0.3) is 11.1 Å². The fourth-order valence-corrected chi connectivity index (χ4v) is 4.27. The molecule has 0 aromatic heterocycles. The minimum Gasteiger partial charge on any atom is -0.478 e. The van der Waals surface area contributed by atoms with Crippen molar-refractivity contribution in [1.29, 1.82) is 0 Å². The van der Waals surface area contributed by atoms with Gasteiger partial charge in [-0.05, 0) is 41.0 Å². The molecule has 5 heteroatoms. The smallest absolute Gasteiger partial charge is 0.409 e. The van der Waals surface area contributed by atoms with E-state index in [-0.39, 0.29) is 23.5 Å². The van der Waals surface area contributed by atoms with Gasteiger partial charge in [-0.15, -0.1) is 0 Å². The van der Waals surface area contributed by atoms with Crippen molar-refractivity contribution in [3.8, 4) is 11.1 Å². The Kier molecular flexibility index (Phi) is 4.90. The number of carboxylic acids is 1. The largest absolute Gasteiger partial charge is 0.478 e. The van der Waals surface area contributed by atoms with Crippen molar-refractivity contribution in [2.75, 3.05) is 19.7 Å². The maximum Gasteiger partial charge on any atom is 0.409 e. The average Bonchev–Trinajstić information content (AvgIpc) is 3.05. The van der Waals surface area contributed by atoms with E-state index in [4.69, 9.17) is 9.84 Å². The molecule has 1 heterocycles. The molecule has 28 heavy (non-hydrogen) atoms. The summed E-state index contributed by atoms with van der Waals surface area (Å²) in [5.41, 5.74) is 5.01. The number of nitrogens with zero attached hydrogens (tertiary/aromatic N) is 1. The molecule has 1 fully saturated rings. The summed E-state index contributed by atoms with van der Waals surface area (Å²) in [5, 5.41) is 9.07. The standard InChI is InChI=1S/C23H23NO4/c1-15(22(25)26)16-10-12-24(13-11-16)23(27)28-14-21-19-8-4-2-6-17(19)18-7-3-5-9-20(18)21/h2-9,16,21H,1,10-14H2,(H,25,26). The van der Waals surface area contributed by atoms with Gasteiger partial charge in [0.1, 0.15) is 6.61 Å². The van der Waals surface area contributed by atoms with E-state index in [1.165, 1.54) is 22.3 Å². The highest BCUT2D eigenvalue weighted by molar-refractivity contribution is 5.86. The van der Waals surface area contributed by atoms with Crippen molar-refractivity contribution in [2.45, 2.75) is 18.8 Å². The molecule has 1 aliphatic heterocycles. The predicted molar refractivity (Wildman–Crippen MR) is 106 cm³/mol. The Balaban J connectivity index is 1.40. The predicted octanol–water partition coefficient (Wildman–Crippen LogP) is 4.29. The van der Waals surface area contributed by atoms with E-state index in [2.05, 4.69) is 30.8 Å². The van der Waals surface area contributed by atoms with E-state index in [0.717, 1.165) is 0 Å². The van der Waals surface area contributed by atoms with Crippen LogP contribution >= 0.6 is 0 Å². The summed E-state index contributed by atoms with van der Waals surface area (Å²) in [5.74, 6) is -0.990. The van der Waals surface area contributed by atoms with Crippen LogP contribution in [-0.2, 0) is 9.53 Å². The molecule has 5 nitrogen and oxygen atoms in total. The second-order valence-electron chi connectivity index (χ2n) is 7.40. The van der Waals surface area contributed by atoms with Crippen molar-refractivity contribution < 1.29 is 19.4 Å². The van der Waals surface area contributed by atoms with Gasteiger partial charge in [0, 0.05) is 24.6 Å². The van der Waals surface area contributed by atoms with Crippen LogP contribution in [0.2, 0.25) is 0 Å². The van der Waals surface area contributed by atoms with Gasteiger partial charge in [0.25, 0.3) is 0 Å². The summed E-state index contributed by atoms with van der Waals surface area (Å²) in [6.07, 6.45) is 0.881. The molecule has 1 amide bonds. The van der Waals surface area contributed by atoms with Crippen LogP contribution in [0.4, 0.5) is 4.79 Å². The maximum atomic E-state index is 12.6. The van der Waals surface area contributed by atoms with Gasteiger partial charge < -0.3 is 14.7 Å². The van der Waals surface area contributed by atoms with Crippen LogP contribution in [0.3, 0.4) is 0 Å². The van der Waals surface area contributed by atoms with Gasteiger partial charge in [-0.3, -0.25) is 0 Å². The molecule has 1 aliphatic carbocycles. The number of fused-ring (bicyclic) bond motifs is 3. The minimum atomic E-state index is -0.959. The number of hydrogen-bond acceptors (Lipinski definition) is 3. The van der Waals surface area contributed by atoms with Crippen molar-refractivity contribution in [1.82, 2.24) is 4.90 Å². The molecular formula is C23H23NO4. The summed E-state index contributed by atoms with van der Waals surface area (Å²) in [7, 11) is 0. The molecule has 2 aromatic rings. The summed E-state index contributed by atoms with van der Waals surface area (Å²) in [6, 6.07) is 16.5. The Morgan fingerprint density at radius 2 is 1.54 bits per heavy atom. The van der Waals surface area contributed by atoms with Crippen LogP contribution in [0, 0.1) is 5.92 Å². The van der Waals surface area contributed by atoms with E-state index in [9.17, 15) is 9.59 Å². The van der Waals surface area contributed by atoms with Crippen molar-refractivity contribution in [3.05, 3.63) is 71.8 Å². The number of carboxylic acid groups (broad SMARTS) is 1. The molecule has 0 saturated carbocycles. The monoisotopic (exact) mass is 377 g/mol. The fourth-order valence-electron chi connectivity index (χ4n) is 4.27. The Hall–Kier alpha value is -3.08. The summed E-state index contributed by atoms with van der Waals surface area (Å²) in [6.45, 7) is 4.93. The number of likely N-dealkylation sites (tertiary alicyclic amines) is 1. The SMILES string of the molecule is C=C(C(=O)O)C1CCN(C(=O)OCC2c3ccccc3-c3ccccc32)CC1. The number of ether oxygens (including phenoxy) is 1. The third kappa shape index (κ3) is 3.28. The lowest BCUT2D eigenvalue weighted by atomic mass is 9.90. The maximum absolute atomic E-state index is 12.6. The Morgan fingerprint density at radius 1 is 1.00 bits per heavy atom. The first-order valence-electron chi connectivity index (χ1n) is 9.58. The zero-order chi connectivity index (χ0) is 19.7. The summed E-state index contributed by atoms with van der Waals surface area (Å²) >= 11 is 0. The highest BCUT2D eigenvalue weighted by Gasteiger charge is 2.31. The zero-order valence-electron chi connectivity index (χ0n) is 15.6. The van der Waals surface area contributed by atoms with E-state index in [1.807, 2.05) is 24.3 Å². The lowest BCUT2D eigenvalue weighted by molar-refractivity contribution is -0.133. The molecule has 2 aliphatic rings. The normalized spacial score (nSPS) is 16.4. The number of benzene rings is 2. The second kappa shape index (κ2) is 7.50. The van der Waals surface area contributed by atoms with Gasteiger partial charge in [0.05, 0.1) is 0 Å². The van der Waals surface area contributed by atoms with E-state index in [0.29, 0.717) is 32.5 Å². The second-order valence-corrected chi connectivity index (χ2v) is 7.40. The zero-order valence-corrected chi connectivity index (χ0v) is 15.6. The molecule has 0 unspecified atom stereocenters. The topological polar surface area (TPSA) is 66.8 Å².